The highest BCUT2D eigenvalue weighted by Gasteiger charge is 2.31. The number of nitrogens with two attached hydrogens (primary N) is 1. The van der Waals surface area contributed by atoms with Crippen LogP contribution in [0.25, 0.3) is 0 Å². The molecular formula is C14H20F4N2. The van der Waals surface area contributed by atoms with Crippen molar-refractivity contribution in [3.63, 3.8) is 0 Å². The minimum Gasteiger partial charge on any atom is -0.324 e. The number of hydrogen-bond acceptors (Lipinski definition) is 2. The Bertz CT molecular complexity index is 420. The summed E-state index contributed by atoms with van der Waals surface area (Å²) >= 11 is 0. The van der Waals surface area contributed by atoms with E-state index in [2.05, 4.69) is 0 Å². The van der Waals surface area contributed by atoms with E-state index < -0.39 is 24.6 Å². The van der Waals surface area contributed by atoms with Crippen LogP contribution in [0.4, 0.5) is 17.6 Å². The van der Waals surface area contributed by atoms with Crippen molar-refractivity contribution in [2.45, 2.75) is 26.1 Å². The molecule has 0 aliphatic rings. The first-order valence-electron chi connectivity index (χ1n) is 6.53. The minimum atomic E-state index is -4.24. The Morgan fingerprint density at radius 3 is 2.35 bits per heavy atom. The highest BCUT2D eigenvalue weighted by molar-refractivity contribution is 5.21. The molecule has 2 N–H and O–H groups in total. The highest BCUT2D eigenvalue weighted by atomic mass is 19.4. The van der Waals surface area contributed by atoms with Crippen molar-refractivity contribution in [3.8, 4) is 0 Å². The summed E-state index contributed by atoms with van der Waals surface area (Å²) < 4.78 is 50.8. The summed E-state index contributed by atoms with van der Waals surface area (Å²) in [6, 6.07) is 5.46. The van der Waals surface area contributed by atoms with E-state index in [0.717, 1.165) is 0 Å². The van der Waals surface area contributed by atoms with Gasteiger partial charge in [0.15, 0.2) is 0 Å². The van der Waals surface area contributed by atoms with Gasteiger partial charge in [-0.2, -0.15) is 13.2 Å². The molecule has 0 spiro atoms. The molecule has 0 heterocycles. The number of hydrogen-bond donors (Lipinski definition) is 1. The number of rotatable bonds is 6. The van der Waals surface area contributed by atoms with E-state index in [0.29, 0.717) is 5.56 Å². The van der Waals surface area contributed by atoms with Crippen molar-refractivity contribution >= 4 is 0 Å². The van der Waals surface area contributed by atoms with Crippen LogP contribution < -0.4 is 5.73 Å². The molecule has 2 atom stereocenters. The van der Waals surface area contributed by atoms with E-state index in [1.807, 2.05) is 0 Å². The molecule has 1 rings (SSSR count). The molecule has 0 saturated heterocycles. The van der Waals surface area contributed by atoms with Gasteiger partial charge in [0.1, 0.15) is 5.82 Å². The van der Waals surface area contributed by atoms with Crippen molar-refractivity contribution in [2.75, 3.05) is 19.6 Å². The molecular weight excluding hydrogens is 272 g/mol. The van der Waals surface area contributed by atoms with Crippen molar-refractivity contribution < 1.29 is 17.6 Å². The molecule has 0 radical (unpaired) electrons. The van der Waals surface area contributed by atoms with E-state index >= 15 is 0 Å². The SMILES string of the molecule is CCN(CC(C)C(N)c1ccccc1F)CC(F)(F)F. The smallest absolute Gasteiger partial charge is 0.324 e. The predicted octanol–water partition coefficient (Wildman–Crippen LogP) is 3.35. The zero-order chi connectivity index (χ0) is 15.3. The molecule has 0 aromatic heterocycles. The molecule has 0 amide bonds. The number of halogens is 4. The Labute approximate surface area is 116 Å². The molecule has 0 saturated carbocycles. The molecule has 0 aliphatic heterocycles. The van der Waals surface area contributed by atoms with Crippen LogP contribution in [0.5, 0.6) is 0 Å². The molecule has 20 heavy (non-hydrogen) atoms. The summed E-state index contributed by atoms with van der Waals surface area (Å²) in [6.07, 6.45) is -4.24. The summed E-state index contributed by atoms with van der Waals surface area (Å²) in [5, 5.41) is 0. The van der Waals surface area contributed by atoms with Gasteiger partial charge in [0.2, 0.25) is 0 Å². The fourth-order valence-corrected chi connectivity index (χ4v) is 2.13. The molecule has 114 valence electrons. The molecule has 6 heteroatoms. The van der Waals surface area contributed by atoms with Gasteiger partial charge in [-0.3, -0.25) is 4.90 Å². The largest absolute Gasteiger partial charge is 0.401 e. The summed E-state index contributed by atoms with van der Waals surface area (Å²) in [5.74, 6) is -0.708. The molecule has 1 aromatic rings. The van der Waals surface area contributed by atoms with Crippen molar-refractivity contribution in [2.24, 2.45) is 11.7 Å². The number of nitrogens with zero attached hydrogens (tertiary/aromatic N) is 1. The third-order valence-electron chi connectivity index (χ3n) is 3.27. The molecule has 0 aliphatic carbocycles. The van der Waals surface area contributed by atoms with Crippen LogP contribution >= 0.6 is 0 Å². The Hall–Kier alpha value is -1.14. The lowest BCUT2D eigenvalue weighted by Gasteiger charge is -2.28. The maximum atomic E-state index is 13.6. The first kappa shape index (κ1) is 16.9. The first-order chi connectivity index (χ1) is 9.24. The normalized spacial score (nSPS) is 15.4. The quantitative estimate of drug-likeness (QED) is 0.815. The maximum Gasteiger partial charge on any atom is 0.401 e. The maximum absolute atomic E-state index is 13.6. The minimum absolute atomic E-state index is 0.172. The average molecular weight is 292 g/mol. The average Bonchev–Trinajstić information content (AvgIpc) is 2.36. The highest BCUT2D eigenvalue weighted by Crippen LogP contribution is 2.24. The fourth-order valence-electron chi connectivity index (χ4n) is 2.13. The monoisotopic (exact) mass is 292 g/mol. The van der Waals surface area contributed by atoms with Gasteiger partial charge >= 0.3 is 6.18 Å². The van der Waals surface area contributed by atoms with Gasteiger partial charge in [-0.05, 0) is 18.5 Å². The van der Waals surface area contributed by atoms with Crippen LogP contribution in [-0.4, -0.2) is 30.7 Å². The molecule has 2 unspecified atom stereocenters. The van der Waals surface area contributed by atoms with Gasteiger partial charge in [-0.1, -0.05) is 32.0 Å². The molecule has 2 nitrogen and oxygen atoms in total. The van der Waals surface area contributed by atoms with Crippen molar-refractivity contribution in [1.29, 1.82) is 0 Å². The van der Waals surface area contributed by atoms with E-state index in [9.17, 15) is 17.6 Å². The second kappa shape index (κ2) is 7.04. The second-order valence-corrected chi connectivity index (χ2v) is 4.97. The number of benzene rings is 1. The zero-order valence-corrected chi connectivity index (χ0v) is 11.6. The summed E-state index contributed by atoms with van der Waals surface area (Å²) in [4.78, 5) is 1.27. The molecule has 0 bridgehead atoms. The van der Waals surface area contributed by atoms with Crippen LogP contribution in [0, 0.1) is 11.7 Å². The van der Waals surface area contributed by atoms with Gasteiger partial charge in [0.25, 0.3) is 0 Å². The summed E-state index contributed by atoms with van der Waals surface area (Å²) in [7, 11) is 0. The third kappa shape index (κ3) is 5.09. The van der Waals surface area contributed by atoms with Crippen molar-refractivity contribution in [3.05, 3.63) is 35.6 Å². The Kier molecular flexibility index (Phi) is 5.95. The third-order valence-corrected chi connectivity index (χ3v) is 3.27. The first-order valence-corrected chi connectivity index (χ1v) is 6.53. The Morgan fingerprint density at radius 1 is 1.25 bits per heavy atom. The zero-order valence-electron chi connectivity index (χ0n) is 11.6. The molecule has 0 fully saturated rings. The van der Waals surface area contributed by atoms with Crippen LogP contribution in [0.15, 0.2) is 24.3 Å². The lowest BCUT2D eigenvalue weighted by molar-refractivity contribution is -0.146. The summed E-state index contributed by atoms with van der Waals surface area (Å²) in [5.41, 5.74) is 6.29. The van der Waals surface area contributed by atoms with Gasteiger partial charge in [0, 0.05) is 18.2 Å². The van der Waals surface area contributed by atoms with Crippen LogP contribution in [0.1, 0.15) is 25.5 Å². The Morgan fingerprint density at radius 2 is 1.85 bits per heavy atom. The lowest BCUT2D eigenvalue weighted by Crippen LogP contribution is -2.39. The van der Waals surface area contributed by atoms with E-state index in [1.165, 1.54) is 11.0 Å². The van der Waals surface area contributed by atoms with Crippen LogP contribution in [0.3, 0.4) is 0 Å². The van der Waals surface area contributed by atoms with Crippen LogP contribution in [0.2, 0.25) is 0 Å². The van der Waals surface area contributed by atoms with E-state index in [1.54, 1.807) is 32.0 Å². The summed E-state index contributed by atoms with van der Waals surface area (Å²) in [6.45, 7) is 2.86. The Balaban J connectivity index is 2.69. The second-order valence-electron chi connectivity index (χ2n) is 4.97. The van der Waals surface area contributed by atoms with E-state index in [-0.39, 0.29) is 19.0 Å². The van der Waals surface area contributed by atoms with Gasteiger partial charge < -0.3 is 5.73 Å². The lowest BCUT2D eigenvalue weighted by atomic mass is 9.94. The molecule has 1 aromatic carbocycles. The van der Waals surface area contributed by atoms with Gasteiger partial charge in [-0.25, -0.2) is 4.39 Å². The number of alkyl halides is 3. The van der Waals surface area contributed by atoms with Gasteiger partial charge in [0.05, 0.1) is 6.54 Å². The van der Waals surface area contributed by atoms with Crippen LogP contribution in [-0.2, 0) is 0 Å². The van der Waals surface area contributed by atoms with E-state index in [4.69, 9.17) is 5.73 Å². The predicted molar refractivity (Wildman–Crippen MR) is 70.7 cm³/mol. The topological polar surface area (TPSA) is 29.3 Å². The fraction of sp³-hybridized carbons (Fsp3) is 0.571. The standard InChI is InChI=1S/C14H20F4N2/c1-3-20(9-14(16,17)18)8-10(2)13(19)11-6-4-5-7-12(11)15/h4-7,10,13H,3,8-9,19H2,1-2H3. The van der Waals surface area contributed by atoms with Crippen molar-refractivity contribution in [1.82, 2.24) is 4.90 Å². The van der Waals surface area contributed by atoms with Gasteiger partial charge in [-0.15, -0.1) is 0 Å².